The van der Waals surface area contributed by atoms with E-state index in [-0.39, 0.29) is 11.0 Å². The molecule has 0 aromatic heterocycles. The molecule has 1 amide bonds. The monoisotopic (exact) mass is 468 g/mol. The van der Waals surface area contributed by atoms with Gasteiger partial charge in [0.15, 0.2) is 5.11 Å². The van der Waals surface area contributed by atoms with Crippen molar-refractivity contribution >= 4 is 51.5 Å². The summed E-state index contributed by atoms with van der Waals surface area (Å²) < 4.78 is 6.72. The number of rotatable bonds is 6. The van der Waals surface area contributed by atoms with Crippen molar-refractivity contribution in [2.45, 2.75) is 26.7 Å². The van der Waals surface area contributed by atoms with Gasteiger partial charge in [-0.25, -0.2) is 0 Å². The largest absolute Gasteiger partial charge is 0.494 e. The first-order chi connectivity index (χ1) is 12.0. The van der Waals surface area contributed by atoms with E-state index in [9.17, 15) is 4.79 Å². The summed E-state index contributed by atoms with van der Waals surface area (Å²) in [7, 11) is 0. The van der Waals surface area contributed by atoms with Crippen LogP contribution in [-0.4, -0.2) is 17.6 Å². The maximum atomic E-state index is 12.4. The summed E-state index contributed by atoms with van der Waals surface area (Å²) in [5, 5.41) is 6.10. The minimum Gasteiger partial charge on any atom is -0.494 e. The zero-order chi connectivity index (χ0) is 18.2. The lowest BCUT2D eigenvalue weighted by Crippen LogP contribution is -2.34. The minimum atomic E-state index is -0.261. The topological polar surface area (TPSA) is 50.4 Å². The van der Waals surface area contributed by atoms with E-state index < -0.39 is 0 Å². The molecule has 4 nitrogen and oxygen atoms in total. The van der Waals surface area contributed by atoms with Gasteiger partial charge >= 0.3 is 0 Å². The maximum absolute atomic E-state index is 12.4. The van der Waals surface area contributed by atoms with Gasteiger partial charge in [0.25, 0.3) is 5.91 Å². The van der Waals surface area contributed by atoms with Gasteiger partial charge in [-0.15, -0.1) is 0 Å². The Labute approximate surface area is 167 Å². The van der Waals surface area contributed by atoms with Gasteiger partial charge in [-0.1, -0.05) is 19.9 Å². The van der Waals surface area contributed by atoms with Crippen LogP contribution < -0.4 is 15.4 Å². The van der Waals surface area contributed by atoms with Crippen LogP contribution in [-0.2, 0) is 6.42 Å². The lowest BCUT2D eigenvalue weighted by atomic mass is 10.1. The molecule has 0 aliphatic rings. The molecule has 2 rings (SSSR count). The summed E-state index contributed by atoms with van der Waals surface area (Å²) >= 11 is 7.56. The highest BCUT2D eigenvalue weighted by Gasteiger charge is 2.10. The Balaban J connectivity index is 2.02. The van der Waals surface area contributed by atoms with E-state index in [0.29, 0.717) is 17.9 Å². The second-order valence-electron chi connectivity index (χ2n) is 5.44. The maximum Gasteiger partial charge on any atom is 0.257 e. The van der Waals surface area contributed by atoms with Crippen molar-refractivity contribution in [1.82, 2.24) is 5.32 Å². The predicted octanol–water partition coefficient (Wildman–Crippen LogP) is 4.77. The Kier molecular flexibility index (Phi) is 7.64. The van der Waals surface area contributed by atoms with E-state index in [0.717, 1.165) is 24.1 Å². The summed E-state index contributed by atoms with van der Waals surface area (Å²) in [4.78, 5) is 12.4. The lowest BCUT2D eigenvalue weighted by molar-refractivity contribution is 0.0977. The van der Waals surface area contributed by atoms with Crippen molar-refractivity contribution in [2.75, 3.05) is 11.9 Å². The molecular weight excluding hydrogens is 447 g/mol. The van der Waals surface area contributed by atoms with Crippen molar-refractivity contribution < 1.29 is 9.53 Å². The standard InChI is InChI=1S/C19H21IN2O2S/c1-3-10-24-16-7-5-6-14(12-16)18(23)22-19(25)21-17-9-8-15(20)11-13(17)4-2/h5-9,11-12H,3-4,10H2,1-2H3,(H2,21,22,23,25). The molecule has 0 aliphatic heterocycles. The number of anilines is 1. The average molecular weight is 468 g/mol. The normalized spacial score (nSPS) is 10.2. The smallest absolute Gasteiger partial charge is 0.257 e. The Morgan fingerprint density at radius 1 is 1.20 bits per heavy atom. The number of thiocarbonyl (C=S) groups is 1. The average Bonchev–Trinajstić information content (AvgIpc) is 2.61. The summed E-state index contributed by atoms with van der Waals surface area (Å²) in [6.45, 7) is 4.74. The Morgan fingerprint density at radius 3 is 2.72 bits per heavy atom. The molecule has 0 aliphatic carbocycles. The third kappa shape index (κ3) is 5.97. The molecule has 0 heterocycles. The van der Waals surface area contributed by atoms with Gasteiger partial charge in [0, 0.05) is 14.8 Å². The number of benzene rings is 2. The fourth-order valence-corrected chi connectivity index (χ4v) is 3.01. The van der Waals surface area contributed by atoms with Crippen LogP contribution >= 0.6 is 34.8 Å². The van der Waals surface area contributed by atoms with Gasteiger partial charge in [-0.2, -0.15) is 0 Å². The molecule has 25 heavy (non-hydrogen) atoms. The predicted molar refractivity (Wildman–Crippen MR) is 114 cm³/mol. The van der Waals surface area contributed by atoms with Crippen LogP contribution in [0, 0.1) is 3.57 Å². The Hall–Kier alpha value is -1.67. The van der Waals surface area contributed by atoms with Crippen LogP contribution in [0.25, 0.3) is 0 Å². The highest BCUT2D eigenvalue weighted by atomic mass is 127. The lowest BCUT2D eigenvalue weighted by Gasteiger charge is -2.13. The molecule has 0 fully saturated rings. The quantitative estimate of drug-likeness (QED) is 0.474. The molecule has 2 N–H and O–H groups in total. The Morgan fingerprint density at radius 2 is 2.00 bits per heavy atom. The van der Waals surface area contributed by atoms with E-state index in [4.69, 9.17) is 17.0 Å². The highest BCUT2D eigenvalue weighted by molar-refractivity contribution is 14.1. The van der Waals surface area contributed by atoms with E-state index in [1.54, 1.807) is 18.2 Å². The molecule has 2 aromatic rings. The summed E-state index contributed by atoms with van der Waals surface area (Å²) in [6.07, 6.45) is 1.80. The minimum absolute atomic E-state index is 0.261. The molecular formula is C19H21IN2O2S. The van der Waals surface area contributed by atoms with Crippen molar-refractivity contribution in [3.8, 4) is 5.75 Å². The van der Waals surface area contributed by atoms with Crippen LogP contribution in [0.15, 0.2) is 42.5 Å². The second kappa shape index (κ2) is 9.72. The van der Waals surface area contributed by atoms with E-state index in [1.807, 2.05) is 25.1 Å². The van der Waals surface area contributed by atoms with Crippen LogP contribution in [0.3, 0.4) is 0 Å². The van der Waals surface area contributed by atoms with E-state index in [1.165, 1.54) is 3.57 Å². The van der Waals surface area contributed by atoms with Gasteiger partial charge in [-0.3, -0.25) is 10.1 Å². The number of nitrogens with one attached hydrogen (secondary N) is 2. The van der Waals surface area contributed by atoms with Gasteiger partial charge in [0.05, 0.1) is 6.61 Å². The number of halogens is 1. The number of aryl methyl sites for hydroxylation is 1. The van der Waals surface area contributed by atoms with Crippen LogP contribution in [0.2, 0.25) is 0 Å². The van der Waals surface area contributed by atoms with Gasteiger partial charge in [-0.05, 0) is 89.6 Å². The zero-order valence-corrected chi connectivity index (χ0v) is 17.2. The van der Waals surface area contributed by atoms with Gasteiger partial charge in [0.1, 0.15) is 5.75 Å². The van der Waals surface area contributed by atoms with Crippen LogP contribution in [0.5, 0.6) is 5.75 Å². The van der Waals surface area contributed by atoms with Gasteiger partial charge in [0.2, 0.25) is 0 Å². The van der Waals surface area contributed by atoms with E-state index >= 15 is 0 Å². The number of carbonyl (C=O) groups excluding carboxylic acids is 1. The summed E-state index contributed by atoms with van der Waals surface area (Å²) in [6, 6.07) is 13.2. The van der Waals surface area contributed by atoms with E-state index in [2.05, 4.69) is 46.2 Å². The number of hydrogen-bond donors (Lipinski definition) is 2. The van der Waals surface area contributed by atoms with Crippen LogP contribution in [0.1, 0.15) is 36.2 Å². The molecule has 0 saturated heterocycles. The fraction of sp³-hybridized carbons (Fsp3) is 0.263. The number of amides is 1. The number of carbonyl (C=O) groups is 1. The molecule has 0 atom stereocenters. The third-order valence-electron chi connectivity index (χ3n) is 3.49. The summed E-state index contributed by atoms with van der Waals surface area (Å²) in [5.74, 6) is 0.419. The van der Waals surface area contributed by atoms with Crippen molar-refractivity contribution in [3.63, 3.8) is 0 Å². The van der Waals surface area contributed by atoms with Crippen molar-refractivity contribution in [2.24, 2.45) is 0 Å². The molecule has 0 bridgehead atoms. The molecule has 2 aromatic carbocycles. The molecule has 6 heteroatoms. The zero-order valence-electron chi connectivity index (χ0n) is 14.3. The SMILES string of the molecule is CCCOc1cccc(C(=O)NC(=S)Nc2ccc(I)cc2CC)c1. The fourth-order valence-electron chi connectivity index (χ4n) is 2.25. The van der Waals surface area contributed by atoms with Crippen molar-refractivity contribution in [1.29, 1.82) is 0 Å². The van der Waals surface area contributed by atoms with Gasteiger partial charge < -0.3 is 10.1 Å². The molecule has 0 saturated carbocycles. The first-order valence-electron chi connectivity index (χ1n) is 8.17. The molecule has 132 valence electrons. The molecule has 0 spiro atoms. The number of ether oxygens (including phenoxy) is 1. The van der Waals surface area contributed by atoms with Crippen LogP contribution in [0.4, 0.5) is 5.69 Å². The first kappa shape index (κ1) is 19.7. The molecule has 0 unspecified atom stereocenters. The highest BCUT2D eigenvalue weighted by Crippen LogP contribution is 2.19. The molecule has 0 radical (unpaired) electrons. The number of hydrogen-bond acceptors (Lipinski definition) is 3. The Bertz CT molecular complexity index is 765. The van der Waals surface area contributed by atoms with Crippen molar-refractivity contribution in [3.05, 3.63) is 57.2 Å². The summed E-state index contributed by atoms with van der Waals surface area (Å²) in [5.41, 5.74) is 2.57. The first-order valence-corrected chi connectivity index (χ1v) is 9.65. The second-order valence-corrected chi connectivity index (χ2v) is 7.09. The third-order valence-corrected chi connectivity index (χ3v) is 4.37.